The minimum absolute atomic E-state index is 0.0461. The molecule has 4 rings (SSSR count). The van der Waals surface area contributed by atoms with Crippen molar-refractivity contribution in [1.29, 1.82) is 0 Å². The first kappa shape index (κ1) is 25.2. The van der Waals surface area contributed by atoms with Crippen LogP contribution >= 0.6 is 0 Å². The molecule has 0 radical (unpaired) electrons. The van der Waals surface area contributed by atoms with Gasteiger partial charge in [0.05, 0.1) is 17.3 Å². The van der Waals surface area contributed by atoms with Crippen LogP contribution in [0.2, 0.25) is 0 Å². The predicted molar refractivity (Wildman–Crippen MR) is 123 cm³/mol. The monoisotopic (exact) mass is 491 g/mol. The lowest BCUT2D eigenvalue weighted by atomic mass is 9.94. The van der Waals surface area contributed by atoms with Crippen LogP contribution in [0.5, 0.6) is 0 Å². The van der Waals surface area contributed by atoms with Gasteiger partial charge in [0.25, 0.3) is 5.91 Å². The molecule has 0 aromatic heterocycles. The highest BCUT2D eigenvalue weighted by atomic mass is 19.4. The van der Waals surface area contributed by atoms with Gasteiger partial charge in [-0.1, -0.05) is 32.4 Å². The fourth-order valence-corrected chi connectivity index (χ4v) is 4.96. The largest absolute Gasteiger partial charge is 0.416 e. The number of piperidine rings is 1. The zero-order valence-corrected chi connectivity index (χ0v) is 19.7. The highest BCUT2D eigenvalue weighted by molar-refractivity contribution is 5.94. The summed E-state index contributed by atoms with van der Waals surface area (Å²) in [6.07, 6.45) is -2.81. The molecule has 2 fully saturated rings. The third-order valence-corrected chi connectivity index (χ3v) is 7.25. The van der Waals surface area contributed by atoms with Crippen LogP contribution in [-0.4, -0.2) is 46.4 Å². The van der Waals surface area contributed by atoms with E-state index >= 15 is 0 Å². The first-order valence-corrected chi connectivity index (χ1v) is 11.8. The van der Waals surface area contributed by atoms with Gasteiger partial charge in [-0.25, -0.2) is 4.39 Å². The second-order valence-electron chi connectivity index (χ2n) is 9.46. The van der Waals surface area contributed by atoms with Gasteiger partial charge >= 0.3 is 6.18 Å². The van der Waals surface area contributed by atoms with E-state index in [1.54, 1.807) is 15.9 Å². The van der Waals surface area contributed by atoms with Crippen LogP contribution in [0, 0.1) is 11.7 Å². The first-order valence-electron chi connectivity index (χ1n) is 11.8. The first-order chi connectivity index (χ1) is 16.5. The number of carbonyl (C=O) groups is 2. The minimum Gasteiger partial charge on any atom is -0.338 e. The van der Waals surface area contributed by atoms with E-state index in [0.717, 1.165) is 18.6 Å². The molecule has 0 bridgehead atoms. The van der Waals surface area contributed by atoms with Gasteiger partial charge in [0, 0.05) is 38.0 Å². The number of amides is 2. The van der Waals surface area contributed by atoms with E-state index in [0.29, 0.717) is 37.1 Å². The lowest BCUT2D eigenvalue weighted by Crippen LogP contribution is -2.59. The van der Waals surface area contributed by atoms with E-state index in [1.807, 2.05) is 13.8 Å². The van der Waals surface area contributed by atoms with Gasteiger partial charge in [-0.2, -0.15) is 13.2 Å². The normalized spacial score (nSPS) is 21.0. The van der Waals surface area contributed by atoms with E-state index in [2.05, 4.69) is 5.32 Å². The maximum atomic E-state index is 13.5. The van der Waals surface area contributed by atoms with E-state index < -0.39 is 29.3 Å². The summed E-state index contributed by atoms with van der Waals surface area (Å²) in [6.45, 7) is 4.75. The summed E-state index contributed by atoms with van der Waals surface area (Å²) in [4.78, 5) is 29.7. The molecule has 5 nitrogen and oxygen atoms in total. The Morgan fingerprint density at radius 1 is 1.14 bits per heavy atom. The quantitative estimate of drug-likeness (QED) is 0.610. The summed E-state index contributed by atoms with van der Waals surface area (Å²) in [5, 5.41) is 3.50. The number of nitrogens with one attached hydrogen (secondary N) is 1. The third-order valence-electron chi connectivity index (χ3n) is 7.25. The summed E-state index contributed by atoms with van der Waals surface area (Å²) < 4.78 is 53.0. The van der Waals surface area contributed by atoms with Gasteiger partial charge in [0.1, 0.15) is 5.82 Å². The fraction of sp³-hybridized carbons (Fsp3) is 0.462. The van der Waals surface area contributed by atoms with Gasteiger partial charge in [-0.15, -0.1) is 0 Å². The minimum atomic E-state index is -4.47. The Morgan fingerprint density at radius 3 is 2.40 bits per heavy atom. The molecule has 2 amide bonds. The lowest BCUT2D eigenvalue weighted by Gasteiger charge is -2.45. The molecule has 0 aliphatic carbocycles. The molecule has 0 unspecified atom stereocenters. The summed E-state index contributed by atoms with van der Waals surface area (Å²) in [6, 6.07) is 9.98. The van der Waals surface area contributed by atoms with E-state index in [4.69, 9.17) is 0 Å². The molecule has 2 aliphatic rings. The number of nitrogens with zero attached hydrogens (tertiary/aromatic N) is 2. The molecular weight excluding hydrogens is 462 g/mol. The second kappa shape index (κ2) is 9.60. The molecule has 2 aromatic rings. The molecule has 2 aliphatic heterocycles. The zero-order chi connectivity index (χ0) is 25.4. The SMILES string of the molecule is CC[C@H](C)[C@H]1NC2(CCN(C(=O)c3ccc(F)cc3)CC2)N(Cc2cccc(C(F)(F)F)c2)C1=O. The van der Waals surface area contributed by atoms with Crippen molar-refractivity contribution in [2.24, 2.45) is 5.92 Å². The smallest absolute Gasteiger partial charge is 0.338 e. The Labute approximate surface area is 202 Å². The average molecular weight is 492 g/mol. The Bertz CT molecular complexity index is 1080. The molecule has 2 saturated heterocycles. The van der Waals surface area contributed by atoms with Crippen molar-refractivity contribution in [3.05, 3.63) is 71.0 Å². The van der Waals surface area contributed by atoms with Crippen molar-refractivity contribution >= 4 is 11.8 Å². The molecule has 2 heterocycles. The number of carbonyl (C=O) groups excluding carboxylic acids is 2. The number of alkyl halides is 3. The zero-order valence-electron chi connectivity index (χ0n) is 19.7. The topological polar surface area (TPSA) is 52.7 Å². The number of likely N-dealkylation sites (tertiary alicyclic amines) is 1. The summed E-state index contributed by atoms with van der Waals surface area (Å²) in [5.41, 5.74) is -0.708. The second-order valence-corrected chi connectivity index (χ2v) is 9.46. The summed E-state index contributed by atoms with van der Waals surface area (Å²) in [5.74, 6) is -0.721. The molecule has 188 valence electrons. The van der Waals surface area contributed by atoms with Crippen LogP contribution in [0.3, 0.4) is 0 Å². The molecule has 9 heteroatoms. The number of benzene rings is 2. The fourth-order valence-electron chi connectivity index (χ4n) is 4.96. The predicted octanol–water partition coefficient (Wildman–Crippen LogP) is 4.82. The van der Waals surface area contributed by atoms with Crippen LogP contribution in [0.15, 0.2) is 48.5 Å². The molecule has 1 N–H and O–H groups in total. The number of halogens is 4. The molecule has 35 heavy (non-hydrogen) atoms. The van der Waals surface area contributed by atoms with Crippen LogP contribution in [0.25, 0.3) is 0 Å². The van der Waals surface area contributed by atoms with Crippen LogP contribution < -0.4 is 5.32 Å². The highest BCUT2D eigenvalue weighted by Crippen LogP contribution is 2.37. The number of hydrogen-bond acceptors (Lipinski definition) is 3. The van der Waals surface area contributed by atoms with Crippen molar-refractivity contribution in [1.82, 2.24) is 15.1 Å². The van der Waals surface area contributed by atoms with Crippen molar-refractivity contribution in [2.45, 2.75) is 57.5 Å². The molecule has 0 saturated carbocycles. The number of rotatable bonds is 5. The summed E-state index contributed by atoms with van der Waals surface area (Å²) in [7, 11) is 0. The molecule has 1 spiro atoms. The van der Waals surface area contributed by atoms with Gasteiger partial charge in [0.2, 0.25) is 5.91 Å². The van der Waals surface area contributed by atoms with Gasteiger partial charge in [0.15, 0.2) is 0 Å². The summed E-state index contributed by atoms with van der Waals surface area (Å²) >= 11 is 0. The maximum absolute atomic E-state index is 13.5. The van der Waals surface area contributed by atoms with Gasteiger partial charge in [-0.05, 0) is 47.9 Å². The van der Waals surface area contributed by atoms with Crippen molar-refractivity contribution < 1.29 is 27.2 Å². The Morgan fingerprint density at radius 2 is 1.80 bits per heavy atom. The average Bonchev–Trinajstić information content (AvgIpc) is 3.10. The Hall–Kier alpha value is -2.94. The third kappa shape index (κ3) is 5.05. The van der Waals surface area contributed by atoms with Crippen molar-refractivity contribution in [2.75, 3.05) is 13.1 Å². The van der Waals surface area contributed by atoms with Crippen LogP contribution in [0.4, 0.5) is 17.6 Å². The standard InChI is InChI=1S/C26H29F4N3O2/c1-3-17(2)22-24(35)33(16-18-5-4-6-20(15-18)26(28,29)30)25(31-22)11-13-32(14-12-25)23(34)19-7-9-21(27)10-8-19/h4-10,15,17,22,31H,3,11-14,16H2,1-2H3/t17-,22+/m0/s1. The van der Waals surface area contributed by atoms with Crippen LogP contribution in [-0.2, 0) is 17.5 Å². The van der Waals surface area contributed by atoms with Crippen molar-refractivity contribution in [3.63, 3.8) is 0 Å². The van der Waals surface area contributed by atoms with E-state index in [1.165, 1.54) is 30.3 Å². The molecule has 2 aromatic carbocycles. The Kier molecular flexibility index (Phi) is 6.90. The highest BCUT2D eigenvalue weighted by Gasteiger charge is 2.52. The van der Waals surface area contributed by atoms with Crippen LogP contribution in [0.1, 0.15) is 54.6 Å². The van der Waals surface area contributed by atoms with E-state index in [9.17, 15) is 27.2 Å². The molecular formula is C26H29F4N3O2. The van der Waals surface area contributed by atoms with Crippen molar-refractivity contribution in [3.8, 4) is 0 Å². The Balaban J connectivity index is 1.56. The van der Waals surface area contributed by atoms with Gasteiger partial charge < -0.3 is 9.80 Å². The van der Waals surface area contributed by atoms with Gasteiger partial charge in [-0.3, -0.25) is 14.9 Å². The molecule has 2 atom stereocenters. The lowest BCUT2D eigenvalue weighted by molar-refractivity contribution is -0.137. The number of hydrogen-bond donors (Lipinski definition) is 1. The van der Waals surface area contributed by atoms with E-state index in [-0.39, 0.29) is 24.3 Å². The maximum Gasteiger partial charge on any atom is 0.416 e.